The van der Waals surface area contributed by atoms with Gasteiger partial charge in [-0.15, -0.1) is 0 Å². The maximum atomic E-state index is 12.4. The van der Waals surface area contributed by atoms with Gasteiger partial charge in [0.05, 0.1) is 0 Å². The lowest BCUT2D eigenvalue weighted by Gasteiger charge is -2.29. The summed E-state index contributed by atoms with van der Waals surface area (Å²) in [5, 5.41) is 14.1. The predicted molar refractivity (Wildman–Crippen MR) is 131 cm³/mol. The van der Waals surface area contributed by atoms with Crippen LogP contribution >= 0.6 is 0 Å². The predicted octanol–water partition coefficient (Wildman–Crippen LogP) is 0.819. The smallest absolute Gasteiger partial charge is 0.333 e. The van der Waals surface area contributed by atoms with Gasteiger partial charge in [-0.25, -0.2) is 4.79 Å². The van der Waals surface area contributed by atoms with Gasteiger partial charge in [-0.1, -0.05) is 27.4 Å². The molecule has 3 atom stereocenters. The largest absolute Gasteiger partial charge is 0.480 e. The Morgan fingerprint density at radius 1 is 0.865 bits per heavy atom. The number of carboxylic acids is 1. The molecule has 0 aromatic heterocycles. The van der Waals surface area contributed by atoms with Gasteiger partial charge in [0.25, 0.3) is 0 Å². The van der Waals surface area contributed by atoms with Crippen molar-refractivity contribution in [3.05, 3.63) is 12.2 Å². The van der Waals surface area contributed by atoms with E-state index in [1.807, 2.05) is 20.8 Å². The molecule has 0 rings (SSSR count). The van der Waals surface area contributed by atoms with Crippen LogP contribution in [0.1, 0.15) is 54.4 Å². The molecular formula is C25H38N2O10. The number of rotatable bonds is 17. The second-order valence-electron chi connectivity index (χ2n) is 9.78. The molecule has 12 nitrogen and oxygen atoms in total. The standard InChI is InChI=1S/C25H38N2O10/c1-14(2)23(34)36-10-11-37-24(35)19(17(5)29)21(31)26-9-8-15(3)12-25(6,7)13-27-20(30)18(16(4)28)22(32)33/h15,18-19H,1,8-13H2,2-7H3,(H,26,31)(H,27,30)(H,32,33). The monoisotopic (exact) mass is 526 g/mol. The first kappa shape index (κ1) is 33.4. The van der Waals surface area contributed by atoms with Gasteiger partial charge in [-0.05, 0) is 44.9 Å². The lowest BCUT2D eigenvalue weighted by molar-refractivity contribution is -0.159. The average molecular weight is 527 g/mol. The molecule has 12 heteroatoms. The van der Waals surface area contributed by atoms with Crippen molar-refractivity contribution in [1.29, 1.82) is 0 Å². The minimum absolute atomic E-state index is 0.0426. The fourth-order valence-electron chi connectivity index (χ4n) is 3.50. The van der Waals surface area contributed by atoms with Crippen molar-refractivity contribution in [2.75, 3.05) is 26.3 Å². The number of ether oxygens (including phenoxy) is 2. The van der Waals surface area contributed by atoms with Gasteiger partial charge in [0.1, 0.15) is 13.2 Å². The third-order valence-corrected chi connectivity index (χ3v) is 5.31. The molecular weight excluding hydrogens is 488 g/mol. The lowest BCUT2D eigenvalue weighted by atomic mass is 9.82. The number of esters is 2. The summed E-state index contributed by atoms with van der Waals surface area (Å²) in [7, 11) is 0. The van der Waals surface area contributed by atoms with E-state index in [9.17, 15) is 33.6 Å². The molecule has 0 aromatic rings. The fraction of sp³-hybridized carbons (Fsp3) is 0.640. The number of carbonyl (C=O) groups excluding carboxylic acids is 6. The highest BCUT2D eigenvalue weighted by Crippen LogP contribution is 2.26. The third kappa shape index (κ3) is 12.8. The van der Waals surface area contributed by atoms with E-state index in [-0.39, 0.29) is 37.8 Å². The van der Waals surface area contributed by atoms with Crippen LogP contribution in [0.25, 0.3) is 0 Å². The van der Waals surface area contributed by atoms with Crippen molar-refractivity contribution in [3.63, 3.8) is 0 Å². The number of carboxylic acid groups (broad SMARTS) is 1. The van der Waals surface area contributed by atoms with Crippen molar-refractivity contribution in [2.24, 2.45) is 23.2 Å². The fourth-order valence-corrected chi connectivity index (χ4v) is 3.50. The van der Waals surface area contributed by atoms with Crippen molar-refractivity contribution < 1.29 is 48.1 Å². The molecule has 0 radical (unpaired) electrons. The van der Waals surface area contributed by atoms with Gasteiger partial charge in [0, 0.05) is 18.7 Å². The minimum atomic E-state index is -1.75. The normalized spacial score (nSPS) is 13.4. The van der Waals surface area contributed by atoms with Crippen LogP contribution in [0.4, 0.5) is 0 Å². The molecule has 0 saturated carbocycles. The van der Waals surface area contributed by atoms with Crippen molar-refractivity contribution in [2.45, 2.75) is 54.4 Å². The zero-order valence-electron chi connectivity index (χ0n) is 22.3. The van der Waals surface area contributed by atoms with Gasteiger partial charge in [0.2, 0.25) is 11.8 Å². The number of ketones is 2. The highest BCUT2D eigenvalue weighted by atomic mass is 16.6. The first-order valence-electron chi connectivity index (χ1n) is 11.8. The first-order chi connectivity index (χ1) is 17.0. The van der Waals surface area contributed by atoms with Crippen LogP contribution in [0.15, 0.2) is 12.2 Å². The molecule has 0 spiro atoms. The highest BCUT2D eigenvalue weighted by molar-refractivity contribution is 6.16. The van der Waals surface area contributed by atoms with Gasteiger partial charge in [-0.3, -0.25) is 28.8 Å². The molecule has 37 heavy (non-hydrogen) atoms. The summed E-state index contributed by atoms with van der Waals surface area (Å²) in [6.07, 6.45) is 1.08. The van der Waals surface area contributed by atoms with Gasteiger partial charge in [0.15, 0.2) is 23.4 Å². The van der Waals surface area contributed by atoms with Crippen molar-refractivity contribution in [3.8, 4) is 0 Å². The van der Waals surface area contributed by atoms with Crippen molar-refractivity contribution >= 4 is 41.3 Å². The van der Waals surface area contributed by atoms with Crippen LogP contribution in [0.2, 0.25) is 0 Å². The Hall–Kier alpha value is -3.57. The molecule has 0 aliphatic heterocycles. The van der Waals surface area contributed by atoms with Crippen LogP contribution in [0.5, 0.6) is 0 Å². The Labute approximate surface area is 216 Å². The summed E-state index contributed by atoms with van der Waals surface area (Å²) in [6.45, 7) is 12.4. The quantitative estimate of drug-likeness (QED) is 0.106. The molecule has 0 aromatic carbocycles. The Bertz CT molecular complexity index is 895. The lowest BCUT2D eigenvalue weighted by Crippen LogP contribution is -2.43. The Kier molecular flexibility index (Phi) is 14.0. The number of aliphatic carboxylic acids is 1. The second kappa shape index (κ2) is 15.5. The number of Topliss-reactive ketones (excluding diaryl/α,β-unsaturated/α-hetero) is 2. The Morgan fingerprint density at radius 2 is 1.38 bits per heavy atom. The Balaban J connectivity index is 4.66. The van der Waals surface area contributed by atoms with E-state index in [1.54, 1.807) is 0 Å². The summed E-state index contributed by atoms with van der Waals surface area (Å²) in [5.41, 5.74) is -0.271. The maximum Gasteiger partial charge on any atom is 0.333 e. The number of amides is 2. The van der Waals surface area contributed by atoms with Crippen molar-refractivity contribution in [1.82, 2.24) is 10.6 Å². The molecule has 0 aliphatic rings. The van der Waals surface area contributed by atoms with Gasteiger partial charge >= 0.3 is 17.9 Å². The van der Waals surface area contributed by atoms with Crippen LogP contribution in [0, 0.1) is 23.2 Å². The second-order valence-corrected chi connectivity index (χ2v) is 9.78. The van der Waals surface area contributed by atoms with Crippen LogP contribution < -0.4 is 10.6 Å². The molecule has 3 N–H and O–H groups in total. The van der Waals surface area contributed by atoms with Crippen LogP contribution in [-0.2, 0) is 43.0 Å². The summed E-state index contributed by atoms with van der Waals surface area (Å²) in [6, 6.07) is 0. The maximum absolute atomic E-state index is 12.4. The summed E-state index contributed by atoms with van der Waals surface area (Å²) < 4.78 is 9.67. The summed E-state index contributed by atoms with van der Waals surface area (Å²) in [5.74, 6) is -9.71. The molecule has 0 aliphatic carbocycles. The topological polar surface area (TPSA) is 182 Å². The zero-order valence-corrected chi connectivity index (χ0v) is 22.3. The summed E-state index contributed by atoms with van der Waals surface area (Å²) in [4.78, 5) is 82.4. The van der Waals surface area contributed by atoms with Gasteiger partial charge < -0.3 is 25.2 Å². The number of hydrogen-bond donors (Lipinski definition) is 3. The molecule has 0 heterocycles. The highest BCUT2D eigenvalue weighted by Gasteiger charge is 2.34. The summed E-state index contributed by atoms with van der Waals surface area (Å²) >= 11 is 0. The number of nitrogens with one attached hydrogen (secondary N) is 2. The van der Waals surface area contributed by atoms with Crippen LogP contribution in [-0.4, -0.2) is 72.7 Å². The molecule has 0 bridgehead atoms. The Morgan fingerprint density at radius 3 is 1.86 bits per heavy atom. The average Bonchev–Trinajstić information content (AvgIpc) is 2.74. The number of carbonyl (C=O) groups is 7. The van der Waals surface area contributed by atoms with E-state index in [2.05, 4.69) is 17.2 Å². The van der Waals surface area contributed by atoms with E-state index < -0.39 is 58.5 Å². The van der Waals surface area contributed by atoms with E-state index >= 15 is 0 Å². The molecule has 3 unspecified atom stereocenters. The van der Waals surface area contributed by atoms with E-state index in [0.29, 0.717) is 12.8 Å². The SMILES string of the molecule is C=C(C)C(=O)OCCOC(=O)C(C(C)=O)C(=O)NCCC(C)CC(C)(C)CNC(=O)C(C(C)=O)C(=O)O. The van der Waals surface area contributed by atoms with E-state index in [4.69, 9.17) is 14.6 Å². The molecule has 0 fully saturated rings. The molecule has 2 amide bonds. The molecule has 208 valence electrons. The molecule has 0 saturated heterocycles. The third-order valence-electron chi connectivity index (χ3n) is 5.31. The van der Waals surface area contributed by atoms with E-state index in [0.717, 1.165) is 13.8 Å². The first-order valence-corrected chi connectivity index (χ1v) is 11.8. The zero-order chi connectivity index (χ0) is 28.9. The van der Waals surface area contributed by atoms with Crippen LogP contribution in [0.3, 0.4) is 0 Å². The van der Waals surface area contributed by atoms with E-state index in [1.165, 1.54) is 6.92 Å². The minimum Gasteiger partial charge on any atom is -0.480 e. The van der Waals surface area contributed by atoms with Gasteiger partial charge in [-0.2, -0.15) is 0 Å². The number of hydrogen-bond acceptors (Lipinski definition) is 9.